The average Bonchev–Trinajstić information content (AvgIpc) is 2.73. The van der Waals surface area contributed by atoms with E-state index >= 15 is 0 Å². The Morgan fingerprint density at radius 2 is 1.53 bits per heavy atom. The minimum atomic E-state index is 1.20. The van der Waals surface area contributed by atoms with E-state index in [1.54, 1.807) is 0 Å². The fourth-order valence-corrected chi connectivity index (χ4v) is 2.21. The predicted octanol–water partition coefficient (Wildman–Crippen LogP) is 4.45. The molecule has 0 radical (unpaired) electrons. The van der Waals surface area contributed by atoms with Gasteiger partial charge in [0, 0.05) is 22.7 Å². The summed E-state index contributed by atoms with van der Waals surface area (Å²) >= 11 is 0. The summed E-state index contributed by atoms with van der Waals surface area (Å²) < 4.78 is 0. The van der Waals surface area contributed by atoms with Crippen LogP contribution in [0.3, 0.4) is 0 Å². The number of fused-ring (bicyclic) bond motifs is 1. The van der Waals surface area contributed by atoms with Crippen LogP contribution in [0, 0.1) is 13.8 Å². The molecule has 0 bridgehead atoms. The number of hydrogen-bond donors (Lipinski definition) is 1. The van der Waals surface area contributed by atoms with Crippen LogP contribution >= 0.6 is 0 Å². The van der Waals surface area contributed by atoms with E-state index < -0.39 is 0 Å². The summed E-state index contributed by atoms with van der Waals surface area (Å²) in [6.07, 6.45) is 2.09. The van der Waals surface area contributed by atoms with Crippen LogP contribution in [0.15, 0.2) is 48.7 Å². The van der Waals surface area contributed by atoms with Gasteiger partial charge in [-0.05, 0) is 31.5 Å². The van der Waals surface area contributed by atoms with Gasteiger partial charge in [0.2, 0.25) is 0 Å². The van der Waals surface area contributed by atoms with E-state index in [9.17, 15) is 0 Å². The molecule has 0 aliphatic carbocycles. The molecule has 0 atom stereocenters. The lowest BCUT2D eigenvalue weighted by Crippen LogP contribution is -1.77. The van der Waals surface area contributed by atoms with Crippen molar-refractivity contribution in [2.24, 2.45) is 0 Å². The first-order chi connectivity index (χ1) is 8.24. The van der Waals surface area contributed by atoms with Crippen molar-refractivity contribution in [2.45, 2.75) is 13.8 Å². The fourth-order valence-electron chi connectivity index (χ4n) is 2.21. The number of aromatic nitrogens is 1. The van der Waals surface area contributed by atoms with Gasteiger partial charge in [0.1, 0.15) is 0 Å². The maximum Gasteiger partial charge on any atom is 0.0460 e. The number of nitrogens with one attached hydrogen (secondary N) is 1. The second kappa shape index (κ2) is 3.77. The highest BCUT2D eigenvalue weighted by atomic mass is 14.7. The summed E-state index contributed by atoms with van der Waals surface area (Å²) in [7, 11) is 0. The maximum atomic E-state index is 3.33. The number of benzene rings is 2. The van der Waals surface area contributed by atoms with Gasteiger partial charge in [-0.1, -0.05) is 41.5 Å². The van der Waals surface area contributed by atoms with E-state index in [-0.39, 0.29) is 0 Å². The van der Waals surface area contributed by atoms with Crippen molar-refractivity contribution in [2.75, 3.05) is 0 Å². The van der Waals surface area contributed by atoms with Crippen molar-refractivity contribution in [3.8, 4) is 11.1 Å². The first kappa shape index (κ1) is 10.2. The lowest BCUT2D eigenvalue weighted by molar-refractivity contribution is 1.45. The Morgan fingerprint density at radius 1 is 0.824 bits per heavy atom. The highest BCUT2D eigenvalue weighted by Crippen LogP contribution is 2.29. The van der Waals surface area contributed by atoms with Crippen molar-refractivity contribution in [3.05, 3.63) is 59.8 Å². The zero-order valence-corrected chi connectivity index (χ0v) is 10.1. The normalized spacial score (nSPS) is 10.9. The molecule has 2 aromatic carbocycles. The predicted molar refractivity (Wildman–Crippen MR) is 73.2 cm³/mol. The third-order valence-corrected chi connectivity index (χ3v) is 3.20. The van der Waals surface area contributed by atoms with Gasteiger partial charge < -0.3 is 4.98 Å². The van der Waals surface area contributed by atoms with Crippen LogP contribution < -0.4 is 0 Å². The fraction of sp³-hybridized carbons (Fsp3) is 0.125. The minimum absolute atomic E-state index is 1.20. The molecule has 0 aliphatic rings. The highest BCUT2D eigenvalue weighted by molar-refractivity contribution is 5.95. The smallest absolute Gasteiger partial charge is 0.0460 e. The second-order valence-electron chi connectivity index (χ2n) is 4.62. The molecule has 0 saturated carbocycles. The Kier molecular flexibility index (Phi) is 2.25. The molecule has 0 spiro atoms. The first-order valence-electron chi connectivity index (χ1n) is 5.89. The zero-order valence-electron chi connectivity index (χ0n) is 10.1. The van der Waals surface area contributed by atoms with Crippen molar-refractivity contribution >= 4 is 10.9 Å². The van der Waals surface area contributed by atoms with Gasteiger partial charge in [-0.25, -0.2) is 0 Å². The Hall–Kier alpha value is -2.02. The SMILES string of the molecule is Cc1ccc(-c2c[nH]c3ccc(C)cc23)cc1. The van der Waals surface area contributed by atoms with Gasteiger partial charge in [0.25, 0.3) is 0 Å². The van der Waals surface area contributed by atoms with Crippen LogP contribution in [0.4, 0.5) is 0 Å². The molecule has 0 fully saturated rings. The third-order valence-electron chi connectivity index (χ3n) is 3.20. The molecule has 1 aromatic heterocycles. The van der Waals surface area contributed by atoms with E-state index in [1.807, 2.05) is 0 Å². The molecule has 0 unspecified atom stereocenters. The Bertz CT molecular complexity index is 660. The summed E-state index contributed by atoms with van der Waals surface area (Å²) in [5.74, 6) is 0. The van der Waals surface area contributed by atoms with Gasteiger partial charge in [-0.3, -0.25) is 0 Å². The third kappa shape index (κ3) is 1.74. The monoisotopic (exact) mass is 221 g/mol. The highest BCUT2D eigenvalue weighted by Gasteiger charge is 2.05. The van der Waals surface area contributed by atoms with Crippen molar-refractivity contribution < 1.29 is 0 Å². The van der Waals surface area contributed by atoms with Crippen LogP contribution in [0.1, 0.15) is 11.1 Å². The van der Waals surface area contributed by atoms with Gasteiger partial charge >= 0.3 is 0 Å². The minimum Gasteiger partial charge on any atom is -0.361 e. The number of aryl methyl sites for hydroxylation is 2. The zero-order chi connectivity index (χ0) is 11.8. The van der Waals surface area contributed by atoms with E-state index in [4.69, 9.17) is 0 Å². The molecular formula is C16H15N. The molecule has 1 heteroatoms. The maximum absolute atomic E-state index is 3.33. The van der Waals surface area contributed by atoms with Crippen LogP contribution in [-0.4, -0.2) is 4.98 Å². The summed E-state index contributed by atoms with van der Waals surface area (Å²) in [6.45, 7) is 4.24. The quantitative estimate of drug-likeness (QED) is 0.624. The summed E-state index contributed by atoms with van der Waals surface area (Å²) in [4.78, 5) is 3.33. The molecule has 0 amide bonds. The van der Waals surface area contributed by atoms with Crippen LogP contribution in [0.25, 0.3) is 22.0 Å². The van der Waals surface area contributed by atoms with Crippen LogP contribution in [0.2, 0.25) is 0 Å². The summed E-state index contributed by atoms with van der Waals surface area (Å²) in [5, 5.41) is 1.30. The number of aromatic amines is 1. The van der Waals surface area contributed by atoms with Crippen LogP contribution in [0.5, 0.6) is 0 Å². The Balaban J connectivity index is 2.23. The molecule has 3 aromatic rings. The Labute approximate surface area is 101 Å². The van der Waals surface area contributed by atoms with E-state index in [0.717, 1.165) is 0 Å². The summed E-state index contributed by atoms with van der Waals surface area (Å²) in [6, 6.07) is 15.2. The van der Waals surface area contributed by atoms with Gasteiger partial charge in [0.05, 0.1) is 0 Å². The molecule has 1 nitrogen and oxygen atoms in total. The number of rotatable bonds is 1. The van der Waals surface area contributed by atoms with Gasteiger partial charge in [-0.2, -0.15) is 0 Å². The van der Waals surface area contributed by atoms with Crippen molar-refractivity contribution in [3.63, 3.8) is 0 Å². The lowest BCUT2D eigenvalue weighted by atomic mass is 10.0. The molecule has 17 heavy (non-hydrogen) atoms. The largest absolute Gasteiger partial charge is 0.361 e. The van der Waals surface area contributed by atoms with E-state index in [0.29, 0.717) is 0 Å². The van der Waals surface area contributed by atoms with E-state index in [1.165, 1.54) is 33.2 Å². The van der Waals surface area contributed by atoms with Gasteiger partial charge in [0.15, 0.2) is 0 Å². The standard InChI is InChI=1S/C16H15N/c1-11-3-6-13(7-4-11)15-10-17-16-8-5-12(2)9-14(15)16/h3-10,17H,1-2H3. The molecule has 1 heterocycles. The van der Waals surface area contributed by atoms with E-state index in [2.05, 4.69) is 67.5 Å². The van der Waals surface area contributed by atoms with Crippen LogP contribution in [-0.2, 0) is 0 Å². The second-order valence-corrected chi connectivity index (χ2v) is 4.62. The summed E-state index contributed by atoms with van der Waals surface area (Å²) in [5.41, 5.74) is 6.34. The molecule has 0 aliphatic heterocycles. The Morgan fingerprint density at radius 3 is 2.29 bits per heavy atom. The average molecular weight is 221 g/mol. The molecule has 0 saturated heterocycles. The topological polar surface area (TPSA) is 15.8 Å². The van der Waals surface area contributed by atoms with Crippen molar-refractivity contribution in [1.82, 2.24) is 4.98 Å². The lowest BCUT2D eigenvalue weighted by Gasteiger charge is -2.01. The number of hydrogen-bond acceptors (Lipinski definition) is 0. The molecule has 84 valence electrons. The van der Waals surface area contributed by atoms with Crippen molar-refractivity contribution in [1.29, 1.82) is 0 Å². The molecule has 3 rings (SSSR count). The first-order valence-corrected chi connectivity index (χ1v) is 5.89. The molecule has 1 N–H and O–H groups in total. The number of H-pyrrole nitrogens is 1. The molecular weight excluding hydrogens is 206 g/mol. The van der Waals surface area contributed by atoms with Gasteiger partial charge in [-0.15, -0.1) is 0 Å².